The molecule has 1 aliphatic rings. The number of hydrogen-bond acceptors (Lipinski definition) is 5. The summed E-state index contributed by atoms with van der Waals surface area (Å²) in [6, 6.07) is 7.61. The summed E-state index contributed by atoms with van der Waals surface area (Å²) in [7, 11) is 4.00. The molecule has 0 aliphatic carbocycles. The van der Waals surface area contributed by atoms with Crippen LogP contribution in [0.15, 0.2) is 29.4 Å². The molecule has 0 spiro atoms. The Labute approximate surface area is 131 Å². The number of hydrazone groups is 1. The van der Waals surface area contributed by atoms with Gasteiger partial charge in [-0.1, -0.05) is 26.0 Å². The average Bonchev–Trinajstić information content (AvgIpc) is 2.92. The predicted molar refractivity (Wildman–Crippen MR) is 84.4 cm³/mol. The van der Waals surface area contributed by atoms with E-state index < -0.39 is 12.0 Å². The van der Waals surface area contributed by atoms with Crippen molar-refractivity contribution in [1.82, 2.24) is 5.43 Å². The molecule has 0 amide bonds. The van der Waals surface area contributed by atoms with Crippen LogP contribution in [-0.4, -0.2) is 38.0 Å². The second kappa shape index (κ2) is 6.79. The van der Waals surface area contributed by atoms with E-state index in [-0.39, 0.29) is 12.1 Å². The molecular formula is C16H24N4O2. The second-order valence-corrected chi connectivity index (χ2v) is 6.22. The molecule has 1 heterocycles. The Bertz CT molecular complexity index is 552. The fourth-order valence-corrected chi connectivity index (χ4v) is 2.53. The summed E-state index contributed by atoms with van der Waals surface area (Å²) in [4.78, 5) is 13.2. The molecule has 3 N–H and O–H groups in total. The van der Waals surface area contributed by atoms with E-state index in [2.05, 4.69) is 10.5 Å². The zero-order chi connectivity index (χ0) is 16.3. The molecule has 0 radical (unpaired) electrons. The maximum absolute atomic E-state index is 11.2. The van der Waals surface area contributed by atoms with Gasteiger partial charge >= 0.3 is 0 Å². The monoisotopic (exact) mass is 304 g/mol. The van der Waals surface area contributed by atoms with Crippen molar-refractivity contribution in [3.05, 3.63) is 29.8 Å². The van der Waals surface area contributed by atoms with Gasteiger partial charge in [0.1, 0.15) is 6.04 Å². The third kappa shape index (κ3) is 3.76. The molecule has 22 heavy (non-hydrogen) atoms. The molecule has 0 fully saturated rings. The van der Waals surface area contributed by atoms with Gasteiger partial charge in [-0.05, 0) is 17.7 Å². The van der Waals surface area contributed by atoms with Crippen LogP contribution >= 0.6 is 0 Å². The number of carbonyl (C=O) groups is 1. The van der Waals surface area contributed by atoms with Crippen LogP contribution in [0.3, 0.4) is 0 Å². The molecule has 6 heteroatoms. The molecule has 0 saturated heterocycles. The maximum Gasteiger partial charge on any atom is 0.180 e. The van der Waals surface area contributed by atoms with Gasteiger partial charge in [-0.2, -0.15) is 5.10 Å². The van der Waals surface area contributed by atoms with Gasteiger partial charge < -0.3 is 20.1 Å². The molecule has 120 valence electrons. The van der Waals surface area contributed by atoms with Gasteiger partial charge in [0.15, 0.2) is 6.17 Å². The van der Waals surface area contributed by atoms with Crippen molar-refractivity contribution >= 4 is 17.4 Å². The zero-order valence-electron chi connectivity index (χ0n) is 13.5. The highest BCUT2D eigenvalue weighted by Gasteiger charge is 2.28. The van der Waals surface area contributed by atoms with Crippen LogP contribution in [0.2, 0.25) is 0 Å². The van der Waals surface area contributed by atoms with Gasteiger partial charge in [-0.25, -0.2) is 0 Å². The number of rotatable bonds is 6. The van der Waals surface area contributed by atoms with Gasteiger partial charge in [0.25, 0.3) is 0 Å². The van der Waals surface area contributed by atoms with E-state index in [1.807, 2.05) is 57.1 Å². The molecule has 0 saturated carbocycles. The number of nitrogens with one attached hydrogen (secondary N) is 1. The van der Waals surface area contributed by atoms with Gasteiger partial charge in [-0.3, -0.25) is 5.43 Å². The lowest BCUT2D eigenvalue weighted by atomic mass is 10.0. The first kappa shape index (κ1) is 16.3. The van der Waals surface area contributed by atoms with E-state index in [9.17, 15) is 9.90 Å². The van der Waals surface area contributed by atoms with E-state index in [4.69, 9.17) is 0 Å². The van der Waals surface area contributed by atoms with Crippen molar-refractivity contribution in [2.45, 2.75) is 32.5 Å². The van der Waals surface area contributed by atoms with Crippen LogP contribution < -0.4 is 20.7 Å². The van der Waals surface area contributed by atoms with E-state index in [1.54, 1.807) is 5.32 Å². The SMILES string of the molecule is CC(C)[C@H]([NH2+][C@@H]1CC(c2ccc(N(C)C)cc2)=NN1)C(=O)[O-]. The van der Waals surface area contributed by atoms with E-state index in [0.717, 1.165) is 17.0 Å². The third-order valence-electron chi connectivity index (χ3n) is 3.93. The quantitative estimate of drug-likeness (QED) is 0.714. The number of carboxylic acids is 1. The van der Waals surface area contributed by atoms with Crippen molar-refractivity contribution in [3.8, 4) is 0 Å². The number of carbonyl (C=O) groups excluding carboxylic acids is 1. The highest BCUT2D eigenvalue weighted by Crippen LogP contribution is 2.15. The molecule has 0 aromatic heterocycles. The number of quaternary nitrogens is 1. The van der Waals surface area contributed by atoms with Crippen LogP contribution in [0.25, 0.3) is 0 Å². The largest absolute Gasteiger partial charge is 0.544 e. The molecule has 6 nitrogen and oxygen atoms in total. The summed E-state index contributed by atoms with van der Waals surface area (Å²) < 4.78 is 0. The fourth-order valence-electron chi connectivity index (χ4n) is 2.53. The summed E-state index contributed by atoms with van der Waals surface area (Å²) in [5.74, 6) is -1.02. The Morgan fingerprint density at radius 3 is 2.50 bits per heavy atom. The highest BCUT2D eigenvalue weighted by molar-refractivity contribution is 6.01. The smallest absolute Gasteiger partial charge is 0.180 e. The summed E-state index contributed by atoms with van der Waals surface area (Å²) in [6.07, 6.45) is 0.631. The van der Waals surface area contributed by atoms with E-state index >= 15 is 0 Å². The average molecular weight is 304 g/mol. The van der Waals surface area contributed by atoms with Gasteiger partial charge in [-0.15, -0.1) is 0 Å². The van der Waals surface area contributed by atoms with Crippen LogP contribution in [-0.2, 0) is 4.79 Å². The normalized spacial score (nSPS) is 18.8. The first-order chi connectivity index (χ1) is 10.4. The van der Waals surface area contributed by atoms with Gasteiger partial charge in [0, 0.05) is 25.7 Å². The second-order valence-electron chi connectivity index (χ2n) is 6.22. The van der Waals surface area contributed by atoms with Gasteiger partial charge in [0.2, 0.25) is 0 Å². The Balaban J connectivity index is 1.98. The van der Waals surface area contributed by atoms with Crippen LogP contribution in [0, 0.1) is 5.92 Å². The third-order valence-corrected chi connectivity index (χ3v) is 3.93. The van der Waals surface area contributed by atoms with Crippen LogP contribution in [0.5, 0.6) is 0 Å². The van der Waals surface area contributed by atoms with Crippen molar-refractivity contribution in [2.24, 2.45) is 11.0 Å². The number of carboxylic acid groups (broad SMARTS) is 1. The van der Waals surface area contributed by atoms with Crippen LogP contribution in [0.1, 0.15) is 25.8 Å². The van der Waals surface area contributed by atoms with Crippen molar-refractivity contribution in [3.63, 3.8) is 0 Å². The molecule has 2 rings (SSSR count). The summed E-state index contributed by atoms with van der Waals surface area (Å²) in [5, 5.41) is 17.3. The molecule has 1 aliphatic heterocycles. The minimum atomic E-state index is -1.03. The summed E-state index contributed by atoms with van der Waals surface area (Å²) in [5.41, 5.74) is 6.16. The summed E-state index contributed by atoms with van der Waals surface area (Å²) in [6.45, 7) is 3.77. The number of benzene rings is 1. The molecular weight excluding hydrogens is 280 g/mol. The molecule has 2 atom stereocenters. The Morgan fingerprint density at radius 1 is 1.36 bits per heavy atom. The number of hydrogen-bond donors (Lipinski definition) is 2. The van der Waals surface area contributed by atoms with E-state index in [0.29, 0.717) is 6.42 Å². The lowest BCUT2D eigenvalue weighted by Crippen LogP contribution is -3.00. The standard InChI is InChI=1S/C16H24N4O2/c1-10(2)15(16(21)22)17-14-9-13(18-19-14)11-5-7-12(8-6-11)20(3)4/h5-8,10,14-15,17,19H,9H2,1-4H3,(H,21,22)/t14-,15-/m0/s1. The highest BCUT2D eigenvalue weighted by atomic mass is 16.4. The van der Waals surface area contributed by atoms with E-state index in [1.165, 1.54) is 0 Å². The Morgan fingerprint density at radius 2 is 2.00 bits per heavy atom. The lowest BCUT2D eigenvalue weighted by molar-refractivity contribution is -0.723. The minimum Gasteiger partial charge on any atom is -0.544 e. The number of anilines is 1. The molecule has 1 aromatic rings. The Kier molecular flexibility index (Phi) is 5.03. The molecule has 0 unspecified atom stereocenters. The predicted octanol–water partition coefficient (Wildman–Crippen LogP) is -0.886. The first-order valence-corrected chi connectivity index (χ1v) is 7.54. The molecule has 1 aromatic carbocycles. The zero-order valence-corrected chi connectivity index (χ0v) is 13.5. The fraction of sp³-hybridized carbons (Fsp3) is 0.500. The molecule has 0 bridgehead atoms. The number of nitrogens with zero attached hydrogens (tertiary/aromatic N) is 2. The van der Waals surface area contributed by atoms with Gasteiger partial charge in [0.05, 0.1) is 18.1 Å². The maximum atomic E-state index is 11.2. The number of nitrogens with two attached hydrogens (primary N) is 1. The van der Waals surface area contributed by atoms with Crippen molar-refractivity contribution < 1.29 is 15.2 Å². The Hall–Kier alpha value is -2.08. The van der Waals surface area contributed by atoms with Crippen LogP contribution in [0.4, 0.5) is 5.69 Å². The lowest BCUT2D eigenvalue weighted by Gasteiger charge is -2.23. The topological polar surface area (TPSA) is 84.4 Å². The van der Waals surface area contributed by atoms with Crippen molar-refractivity contribution in [2.75, 3.05) is 19.0 Å². The first-order valence-electron chi connectivity index (χ1n) is 7.54. The summed E-state index contributed by atoms with van der Waals surface area (Å²) >= 11 is 0. The minimum absolute atomic E-state index is 0.00947. The van der Waals surface area contributed by atoms with Crippen molar-refractivity contribution in [1.29, 1.82) is 0 Å². The number of aliphatic carboxylic acids is 1.